The van der Waals surface area contributed by atoms with Gasteiger partial charge in [-0.3, -0.25) is 4.79 Å². The van der Waals surface area contributed by atoms with Crippen LogP contribution in [0.15, 0.2) is 24.3 Å². The lowest BCUT2D eigenvalue weighted by atomic mass is 10.0. The Hall–Kier alpha value is -1.77. The molecule has 3 heteroatoms. The highest BCUT2D eigenvalue weighted by Crippen LogP contribution is 2.22. The Kier molecular flexibility index (Phi) is 2.92. The van der Waals surface area contributed by atoms with Crippen LogP contribution < -0.4 is 0 Å². The summed E-state index contributed by atoms with van der Waals surface area (Å²) in [5, 5.41) is 1.10. The molecule has 0 unspecified atom stereocenters. The van der Waals surface area contributed by atoms with Gasteiger partial charge in [0.1, 0.15) is 5.69 Å². The first-order chi connectivity index (χ1) is 7.99. The van der Waals surface area contributed by atoms with Crippen molar-refractivity contribution in [1.82, 2.24) is 9.88 Å². The molecule has 0 aliphatic rings. The van der Waals surface area contributed by atoms with Crippen molar-refractivity contribution in [1.29, 1.82) is 0 Å². The summed E-state index contributed by atoms with van der Waals surface area (Å²) in [6.07, 6.45) is 0. The van der Waals surface area contributed by atoms with Gasteiger partial charge in [0.2, 0.25) is 0 Å². The molecule has 0 aliphatic heterocycles. The average molecular weight is 230 g/mol. The SMILES string of the molecule is CC(C)c1ccc2[nH]c(C(=O)N(C)C)cc2c1. The average Bonchev–Trinajstić information content (AvgIpc) is 2.69. The lowest BCUT2D eigenvalue weighted by Gasteiger charge is -2.07. The van der Waals surface area contributed by atoms with Gasteiger partial charge in [-0.15, -0.1) is 0 Å². The second-order valence-corrected chi connectivity index (χ2v) is 4.88. The fourth-order valence-corrected chi connectivity index (χ4v) is 1.87. The molecular weight excluding hydrogens is 212 g/mol. The zero-order chi connectivity index (χ0) is 12.6. The molecule has 0 saturated carbocycles. The van der Waals surface area contributed by atoms with E-state index in [9.17, 15) is 4.79 Å². The number of rotatable bonds is 2. The number of nitrogens with zero attached hydrogens (tertiary/aromatic N) is 1. The van der Waals surface area contributed by atoms with Gasteiger partial charge in [-0.05, 0) is 29.7 Å². The Morgan fingerprint density at radius 3 is 2.53 bits per heavy atom. The zero-order valence-electron chi connectivity index (χ0n) is 10.7. The van der Waals surface area contributed by atoms with Crippen LogP contribution in [-0.4, -0.2) is 29.9 Å². The van der Waals surface area contributed by atoms with E-state index in [0.717, 1.165) is 10.9 Å². The number of nitrogens with one attached hydrogen (secondary N) is 1. The first kappa shape index (κ1) is 11.7. The third kappa shape index (κ3) is 2.18. The minimum Gasteiger partial charge on any atom is -0.351 e. The smallest absolute Gasteiger partial charge is 0.269 e. The van der Waals surface area contributed by atoms with E-state index < -0.39 is 0 Å². The molecule has 17 heavy (non-hydrogen) atoms. The zero-order valence-corrected chi connectivity index (χ0v) is 10.7. The van der Waals surface area contributed by atoms with E-state index in [-0.39, 0.29) is 5.91 Å². The Labute approximate surface area is 101 Å². The molecule has 0 fully saturated rings. The minimum atomic E-state index is 0.00676. The van der Waals surface area contributed by atoms with Crippen LogP contribution in [0.3, 0.4) is 0 Å². The van der Waals surface area contributed by atoms with E-state index in [1.165, 1.54) is 5.56 Å². The maximum Gasteiger partial charge on any atom is 0.269 e. The second-order valence-electron chi connectivity index (χ2n) is 4.88. The van der Waals surface area contributed by atoms with E-state index in [2.05, 4.69) is 31.0 Å². The van der Waals surface area contributed by atoms with Crippen molar-refractivity contribution in [3.05, 3.63) is 35.5 Å². The Morgan fingerprint density at radius 1 is 1.24 bits per heavy atom. The molecule has 0 bridgehead atoms. The van der Waals surface area contributed by atoms with Crippen LogP contribution in [-0.2, 0) is 0 Å². The number of carbonyl (C=O) groups excluding carboxylic acids is 1. The lowest BCUT2D eigenvalue weighted by molar-refractivity contribution is 0.0823. The quantitative estimate of drug-likeness (QED) is 0.845. The molecule has 90 valence electrons. The van der Waals surface area contributed by atoms with Crippen LogP contribution in [0, 0.1) is 0 Å². The summed E-state index contributed by atoms with van der Waals surface area (Å²) in [7, 11) is 3.51. The summed E-state index contributed by atoms with van der Waals surface area (Å²) < 4.78 is 0. The molecule has 0 aliphatic carbocycles. The highest BCUT2D eigenvalue weighted by atomic mass is 16.2. The van der Waals surface area contributed by atoms with Crippen LogP contribution in [0.2, 0.25) is 0 Å². The molecule has 0 spiro atoms. The van der Waals surface area contributed by atoms with Gasteiger partial charge in [0, 0.05) is 25.0 Å². The molecule has 0 radical (unpaired) electrons. The molecule has 2 aromatic rings. The number of hydrogen-bond donors (Lipinski definition) is 1. The normalized spacial score (nSPS) is 11.1. The predicted molar refractivity (Wildman–Crippen MR) is 70.4 cm³/mol. The first-order valence-electron chi connectivity index (χ1n) is 5.83. The van der Waals surface area contributed by atoms with Gasteiger partial charge >= 0.3 is 0 Å². The van der Waals surface area contributed by atoms with Crippen molar-refractivity contribution in [2.75, 3.05) is 14.1 Å². The Bertz CT molecular complexity index is 552. The molecular formula is C14H18N2O. The maximum atomic E-state index is 11.8. The molecule has 1 heterocycles. The maximum absolute atomic E-state index is 11.8. The minimum absolute atomic E-state index is 0.00676. The summed E-state index contributed by atoms with van der Waals surface area (Å²) in [6.45, 7) is 4.33. The Morgan fingerprint density at radius 2 is 1.94 bits per heavy atom. The third-order valence-corrected chi connectivity index (χ3v) is 2.95. The van der Waals surface area contributed by atoms with Crippen molar-refractivity contribution in [2.45, 2.75) is 19.8 Å². The van der Waals surface area contributed by atoms with Crippen molar-refractivity contribution < 1.29 is 4.79 Å². The van der Waals surface area contributed by atoms with Crippen molar-refractivity contribution in [2.24, 2.45) is 0 Å². The number of carbonyl (C=O) groups is 1. The number of H-pyrrole nitrogens is 1. The summed E-state index contributed by atoms with van der Waals surface area (Å²) in [4.78, 5) is 16.6. The predicted octanol–water partition coefficient (Wildman–Crippen LogP) is 2.99. The number of fused-ring (bicyclic) bond motifs is 1. The molecule has 2 rings (SSSR count). The van der Waals surface area contributed by atoms with E-state index in [1.54, 1.807) is 19.0 Å². The van der Waals surface area contributed by atoms with Gasteiger partial charge in [0.15, 0.2) is 0 Å². The molecule has 1 aromatic carbocycles. The summed E-state index contributed by atoms with van der Waals surface area (Å²) >= 11 is 0. The topological polar surface area (TPSA) is 36.1 Å². The van der Waals surface area contributed by atoms with Crippen molar-refractivity contribution in [3.8, 4) is 0 Å². The van der Waals surface area contributed by atoms with Gasteiger partial charge in [0.25, 0.3) is 5.91 Å². The number of hydrogen-bond acceptors (Lipinski definition) is 1. The van der Waals surface area contributed by atoms with Gasteiger partial charge < -0.3 is 9.88 Å². The van der Waals surface area contributed by atoms with E-state index in [1.807, 2.05) is 12.1 Å². The summed E-state index contributed by atoms with van der Waals surface area (Å²) in [6, 6.07) is 8.21. The standard InChI is InChI=1S/C14H18N2O/c1-9(2)10-5-6-12-11(7-10)8-13(15-12)14(17)16(3)4/h5-9,15H,1-4H3. The molecule has 1 aromatic heterocycles. The van der Waals surface area contributed by atoms with Crippen LogP contribution in [0.1, 0.15) is 35.8 Å². The lowest BCUT2D eigenvalue weighted by Crippen LogP contribution is -2.21. The van der Waals surface area contributed by atoms with Crippen LogP contribution in [0.25, 0.3) is 10.9 Å². The monoisotopic (exact) mass is 230 g/mol. The number of aromatic amines is 1. The number of benzene rings is 1. The molecule has 0 saturated heterocycles. The van der Waals surface area contributed by atoms with Crippen LogP contribution in [0.4, 0.5) is 0 Å². The molecule has 3 nitrogen and oxygen atoms in total. The molecule has 1 amide bonds. The summed E-state index contributed by atoms with van der Waals surface area (Å²) in [5.41, 5.74) is 2.95. The fourth-order valence-electron chi connectivity index (χ4n) is 1.87. The van der Waals surface area contributed by atoms with E-state index >= 15 is 0 Å². The van der Waals surface area contributed by atoms with Gasteiger partial charge in [0.05, 0.1) is 0 Å². The van der Waals surface area contributed by atoms with Gasteiger partial charge in [-0.25, -0.2) is 0 Å². The molecule has 0 atom stereocenters. The van der Waals surface area contributed by atoms with E-state index in [4.69, 9.17) is 0 Å². The number of aromatic nitrogens is 1. The third-order valence-electron chi connectivity index (χ3n) is 2.95. The van der Waals surface area contributed by atoms with Crippen molar-refractivity contribution in [3.63, 3.8) is 0 Å². The van der Waals surface area contributed by atoms with Crippen molar-refractivity contribution >= 4 is 16.8 Å². The number of amides is 1. The van der Waals surface area contributed by atoms with Gasteiger partial charge in [-0.1, -0.05) is 19.9 Å². The summed E-state index contributed by atoms with van der Waals surface area (Å²) in [5.74, 6) is 0.509. The van der Waals surface area contributed by atoms with Gasteiger partial charge in [-0.2, -0.15) is 0 Å². The highest BCUT2D eigenvalue weighted by Gasteiger charge is 2.11. The largest absolute Gasteiger partial charge is 0.351 e. The van der Waals surface area contributed by atoms with Crippen LogP contribution in [0.5, 0.6) is 0 Å². The second kappa shape index (κ2) is 4.24. The van der Waals surface area contributed by atoms with E-state index in [0.29, 0.717) is 11.6 Å². The fraction of sp³-hybridized carbons (Fsp3) is 0.357. The van der Waals surface area contributed by atoms with Crippen LogP contribution >= 0.6 is 0 Å². The molecule has 1 N–H and O–H groups in total. The highest BCUT2D eigenvalue weighted by molar-refractivity contribution is 5.97. The Balaban J connectivity index is 2.47. The first-order valence-corrected chi connectivity index (χ1v) is 5.83.